The fourth-order valence-electron chi connectivity index (χ4n) is 2.94. The van der Waals surface area contributed by atoms with Gasteiger partial charge in [-0.05, 0) is 36.4 Å². The molecule has 3 aromatic rings. The Bertz CT molecular complexity index is 996. The summed E-state index contributed by atoms with van der Waals surface area (Å²) in [5.74, 6) is 4.26. The van der Waals surface area contributed by atoms with E-state index in [2.05, 4.69) is 0 Å². The second-order valence-corrected chi connectivity index (χ2v) is 7.17. The number of rotatable bonds is 9. The highest BCUT2D eigenvalue weighted by Gasteiger charge is 2.23. The van der Waals surface area contributed by atoms with Gasteiger partial charge in [-0.15, -0.1) is 0 Å². The summed E-state index contributed by atoms with van der Waals surface area (Å²) in [6.45, 7) is 2.59. The van der Waals surface area contributed by atoms with Gasteiger partial charge in [0.25, 0.3) is 0 Å². The van der Waals surface area contributed by atoms with Gasteiger partial charge in [0.1, 0.15) is 53.3 Å². The molecule has 0 aromatic heterocycles. The molecule has 0 saturated carbocycles. The van der Waals surface area contributed by atoms with E-state index in [0.29, 0.717) is 42.8 Å². The molecule has 2 aliphatic heterocycles. The molecule has 0 spiro atoms. The summed E-state index contributed by atoms with van der Waals surface area (Å²) in [4.78, 5) is 0. The van der Waals surface area contributed by atoms with Gasteiger partial charge >= 0.3 is 0 Å². The smallest absolute Gasteiger partial charge is 0.145 e. The standard InChI is InChI=1S/C24H22O6/c1-4-17(26-15-23-16-27-23)10-18(5-1)28-19-6-2-7-20(11-19)29-21-8-3-9-22(12-21)30-24-13-25-14-24/h1-12,23-24H,13-16H2. The summed E-state index contributed by atoms with van der Waals surface area (Å²) in [5, 5.41) is 0. The molecule has 154 valence electrons. The van der Waals surface area contributed by atoms with Crippen molar-refractivity contribution in [3.63, 3.8) is 0 Å². The van der Waals surface area contributed by atoms with Crippen molar-refractivity contribution >= 4 is 0 Å². The Morgan fingerprint density at radius 1 is 0.667 bits per heavy atom. The average Bonchev–Trinajstić information content (AvgIpc) is 3.55. The van der Waals surface area contributed by atoms with Gasteiger partial charge in [0.05, 0.1) is 19.8 Å². The van der Waals surface area contributed by atoms with Crippen LogP contribution in [0, 0.1) is 0 Å². The van der Waals surface area contributed by atoms with Crippen LogP contribution in [0.4, 0.5) is 0 Å². The minimum atomic E-state index is 0.119. The third kappa shape index (κ3) is 5.03. The molecule has 6 nitrogen and oxygen atoms in total. The lowest BCUT2D eigenvalue weighted by Gasteiger charge is -2.26. The van der Waals surface area contributed by atoms with Crippen LogP contribution in [-0.4, -0.2) is 38.6 Å². The summed E-state index contributed by atoms with van der Waals surface area (Å²) < 4.78 is 33.8. The summed E-state index contributed by atoms with van der Waals surface area (Å²) in [7, 11) is 0. The molecule has 2 aliphatic rings. The Kier molecular flexibility index (Phi) is 5.42. The van der Waals surface area contributed by atoms with Crippen LogP contribution in [0.15, 0.2) is 72.8 Å². The van der Waals surface area contributed by atoms with Crippen LogP contribution in [0.5, 0.6) is 34.5 Å². The zero-order valence-corrected chi connectivity index (χ0v) is 16.4. The quantitative estimate of drug-likeness (QED) is 0.475. The van der Waals surface area contributed by atoms with Gasteiger partial charge < -0.3 is 28.4 Å². The van der Waals surface area contributed by atoms with E-state index in [4.69, 9.17) is 28.4 Å². The third-order valence-electron chi connectivity index (χ3n) is 4.64. The molecule has 0 N–H and O–H groups in total. The maximum Gasteiger partial charge on any atom is 0.145 e. The van der Waals surface area contributed by atoms with Crippen LogP contribution in [0.2, 0.25) is 0 Å². The van der Waals surface area contributed by atoms with Crippen LogP contribution in [-0.2, 0) is 9.47 Å². The molecule has 3 aromatic carbocycles. The van der Waals surface area contributed by atoms with E-state index < -0.39 is 0 Å². The minimum absolute atomic E-state index is 0.119. The molecule has 0 radical (unpaired) electrons. The fourth-order valence-corrected chi connectivity index (χ4v) is 2.94. The van der Waals surface area contributed by atoms with Gasteiger partial charge in [-0.1, -0.05) is 18.2 Å². The van der Waals surface area contributed by atoms with Crippen molar-refractivity contribution in [1.29, 1.82) is 0 Å². The molecule has 0 bridgehead atoms. The van der Waals surface area contributed by atoms with Gasteiger partial charge in [-0.2, -0.15) is 0 Å². The van der Waals surface area contributed by atoms with Crippen molar-refractivity contribution in [2.45, 2.75) is 12.2 Å². The Hall–Kier alpha value is -3.22. The number of benzene rings is 3. The Morgan fingerprint density at radius 3 is 1.70 bits per heavy atom. The summed E-state index contributed by atoms with van der Waals surface area (Å²) in [5.41, 5.74) is 0. The Labute approximate surface area is 174 Å². The lowest BCUT2D eigenvalue weighted by atomic mass is 10.3. The maximum atomic E-state index is 6.00. The van der Waals surface area contributed by atoms with Gasteiger partial charge in [0, 0.05) is 18.2 Å². The van der Waals surface area contributed by atoms with Crippen molar-refractivity contribution in [1.82, 2.24) is 0 Å². The van der Waals surface area contributed by atoms with Crippen molar-refractivity contribution in [3.05, 3.63) is 72.8 Å². The SMILES string of the molecule is c1cc(OCC2CO2)cc(Oc2cccc(Oc3cccc(OC4COC4)c3)c2)c1. The molecule has 1 atom stereocenters. The lowest BCUT2D eigenvalue weighted by molar-refractivity contribution is -0.0797. The van der Waals surface area contributed by atoms with E-state index >= 15 is 0 Å². The average molecular weight is 406 g/mol. The second kappa shape index (κ2) is 8.65. The van der Waals surface area contributed by atoms with Crippen LogP contribution in [0.25, 0.3) is 0 Å². The number of hydrogen-bond acceptors (Lipinski definition) is 6. The highest BCUT2D eigenvalue weighted by molar-refractivity contribution is 5.42. The van der Waals surface area contributed by atoms with Crippen LogP contribution >= 0.6 is 0 Å². The van der Waals surface area contributed by atoms with E-state index in [9.17, 15) is 0 Å². The van der Waals surface area contributed by atoms with Gasteiger partial charge in [0.15, 0.2) is 0 Å². The fraction of sp³-hybridized carbons (Fsp3) is 0.250. The van der Waals surface area contributed by atoms with Crippen LogP contribution in [0.1, 0.15) is 0 Å². The molecule has 1 unspecified atom stereocenters. The largest absolute Gasteiger partial charge is 0.491 e. The number of ether oxygens (including phenoxy) is 6. The topological polar surface area (TPSA) is 58.7 Å². The normalized spacial score (nSPS) is 17.7. The molecule has 6 heteroatoms. The highest BCUT2D eigenvalue weighted by atomic mass is 16.6. The van der Waals surface area contributed by atoms with Crippen molar-refractivity contribution in [2.75, 3.05) is 26.4 Å². The van der Waals surface area contributed by atoms with Crippen molar-refractivity contribution in [3.8, 4) is 34.5 Å². The maximum absolute atomic E-state index is 6.00. The first kappa shape index (κ1) is 18.8. The molecule has 2 fully saturated rings. The second-order valence-electron chi connectivity index (χ2n) is 7.17. The van der Waals surface area contributed by atoms with Gasteiger partial charge in [0.2, 0.25) is 0 Å². The molecule has 2 heterocycles. The highest BCUT2D eigenvalue weighted by Crippen LogP contribution is 2.31. The van der Waals surface area contributed by atoms with Crippen molar-refractivity contribution < 1.29 is 28.4 Å². The van der Waals surface area contributed by atoms with E-state index in [1.54, 1.807) is 0 Å². The van der Waals surface area contributed by atoms with E-state index in [0.717, 1.165) is 18.1 Å². The Morgan fingerprint density at radius 2 is 1.17 bits per heavy atom. The molecule has 5 rings (SSSR count). The van der Waals surface area contributed by atoms with E-state index in [-0.39, 0.29) is 12.2 Å². The minimum Gasteiger partial charge on any atom is -0.491 e. The van der Waals surface area contributed by atoms with Crippen LogP contribution in [0.3, 0.4) is 0 Å². The third-order valence-corrected chi connectivity index (χ3v) is 4.64. The molecule has 0 aliphatic carbocycles. The van der Waals surface area contributed by atoms with Gasteiger partial charge in [-0.25, -0.2) is 0 Å². The van der Waals surface area contributed by atoms with E-state index in [1.165, 1.54) is 0 Å². The van der Waals surface area contributed by atoms with Gasteiger partial charge in [-0.3, -0.25) is 0 Å². The molecule has 0 amide bonds. The first-order valence-electron chi connectivity index (χ1n) is 9.95. The van der Waals surface area contributed by atoms with E-state index in [1.807, 2.05) is 72.8 Å². The summed E-state index contributed by atoms with van der Waals surface area (Å²) >= 11 is 0. The first-order chi connectivity index (χ1) is 14.8. The Balaban J connectivity index is 1.23. The molecular formula is C24H22O6. The number of epoxide rings is 1. The van der Waals surface area contributed by atoms with Crippen LogP contribution < -0.4 is 18.9 Å². The molecular weight excluding hydrogens is 384 g/mol. The predicted octanol–water partition coefficient (Wildman–Crippen LogP) is 4.83. The number of hydrogen-bond donors (Lipinski definition) is 0. The summed E-state index contributed by atoms with van der Waals surface area (Å²) in [6.07, 6.45) is 0.336. The molecule has 2 saturated heterocycles. The first-order valence-corrected chi connectivity index (χ1v) is 9.95. The predicted molar refractivity (Wildman–Crippen MR) is 110 cm³/mol. The molecule has 30 heavy (non-hydrogen) atoms. The monoisotopic (exact) mass is 406 g/mol. The summed E-state index contributed by atoms with van der Waals surface area (Å²) in [6, 6.07) is 22.6. The zero-order chi connectivity index (χ0) is 20.2. The van der Waals surface area contributed by atoms with Crippen molar-refractivity contribution in [2.24, 2.45) is 0 Å². The zero-order valence-electron chi connectivity index (χ0n) is 16.4. The lowest BCUT2D eigenvalue weighted by Crippen LogP contribution is -2.38.